The monoisotopic (exact) mass is 375 g/mol. The third-order valence-electron chi connectivity index (χ3n) is 2.85. The molecule has 0 saturated carbocycles. The molecular formula is C16H14BrN3O3. The third kappa shape index (κ3) is 5.23. The number of nitrogens with zero attached hydrogens (tertiary/aromatic N) is 1. The van der Waals surface area contributed by atoms with E-state index < -0.39 is 11.8 Å². The summed E-state index contributed by atoms with van der Waals surface area (Å²) in [5, 5.41) is 15.6. The number of aromatic hydroxyl groups is 1. The second-order valence-electron chi connectivity index (χ2n) is 4.58. The van der Waals surface area contributed by atoms with Crippen LogP contribution in [0.25, 0.3) is 0 Å². The van der Waals surface area contributed by atoms with Gasteiger partial charge in [-0.3, -0.25) is 9.59 Å². The Morgan fingerprint density at radius 1 is 1.13 bits per heavy atom. The van der Waals surface area contributed by atoms with Crippen molar-refractivity contribution in [2.24, 2.45) is 5.10 Å². The molecule has 0 aromatic heterocycles. The van der Waals surface area contributed by atoms with Gasteiger partial charge in [0.25, 0.3) is 0 Å². The minimum atomic E-state index is -0.852. The number of carbonyl (C=O) groups excluding carboxylic acids is 2. The molecule has 2 aromatic carbocycles. The molecule has 0 spiro atoms. The highest BCUT2D eigenvalue weighted by Gasteiger charge is 2.11. The molecule has 0 atom stereocenters. The van der Waals surface area contributed by atoms with E-state index in [1.54, 1.807) is 12.1 Å². The van der Waals surface area contributed by atoms with Crippen LogP contribution >= 0.6 is 15.9 Å². The molecule has 0 aliphatic rings. The number of benzene rings is 2. The summed E-state index contributed by atoms with van der Waals surface area (Å²) < 4.78 is 0.508. The highest BCUT2D eigenvalue weighted by Crippen LogP contribution is 2.23. The molecule has 0 saturated heterocycles. The number of carbonyl (C=O) groups is 2. The molecule has 0 aliphatic heterocycles. The average molecular weight is 376 g/mol. The van der Waals surface area contributed by atoms with Crippen LogP contribution in [0.15, 0.2) is 58.1 Å². The first-order valence-corrected chi connectivity index (χ1v) is 7.49. The topological polar surface area (TPSA) is 90.8 Å². The predicted octanol–water partition coefficient (Wildman–Crippen LogP) is 1.92. The standard InChI is InChI=1S/C16H14BrN3O3/c17-13-8-12(6-7-14(13)21)10-19-20-16(23)15(22)18-9-11-4-2-1-3-5-11/h1-8,10,21H,9H2,(H,18,22)(H,20,23)/b19-10+. The fourth-order valence-corrected chi connectivity index (χ4v) is 2.07. The van der Waals surface area contributed by atoms with E-state index in [0.717, 1.165) is 5.56 Å². The average Bonchev–Trinajstić information content (AvgIpc) is 2.56. The van der Waals surface area contributed by atoms with Crippen LogP contribution in [0.3, 0.4) is 0 Å². The molecule has 0 heterocycles. The van der Waals surface area contributed by atoms with Crippen molar-refractivity contribution in [3.05, 3.63) is 64.1 Å². The lowest BCUT2D eigenvalue weighted by atomic mass is 10.2. The van der Waals surface area contributed by atoms with Crippen molar-refractivity contribution in [1.29, 1.82) is 0 Å². The molecular weight excluding hydrogens is 362 g/mol. The fourth-order valence-electron chi connectivity index (χ4n) is 1.68. The summed E-state index contributed by atoms with van der Waals surface area (Å²) in [6, 6.07) is 14.0. The van der Waals surface area contributed by atoms with Crippen LogP contribution in [0.2, 0.25) is 0 Å². The van der Waals surface area contributed by atoms with Gasteiger partial charge in [0.1, 0.15) is 5.75 Å². The summed E-state index contributed by atoms with van der Waals surface area (Å²) in [5.41, 5.74) is 3.69. The van der Waals surface area contributed by atoms with Crippen LogP contribution in [0.1, 0.15) is 11.1 Å². The van der Waals surface area contributed by atoms with E-state index in [9.17, 15) is 14.7 Å². The summed E-state index contributed by atoms with van der Waals surface area (Å²) in [5.74, 6) is -1.51. The van der Waals surface area contributed by atoms with Crippen molar-refractivity contribution in [2.45, 2.75) is 6.54 Å². The lowest BCUT2D eigenvalue weighted by Crippen LogP contribution is -2.37. The first kappa shape index (κ1) is 16.7. The van der Waals surface area contributed by atoms with E-state index in [4.69, 9.17) is 0 Å². The number of amides is 2. The smallest absolute Gasteiger partial charge is 0.329 e. The maximum absolute atomic E-state index is 11.6. The molecule has 2 rings (SSSR count). The van der Waals surface area contributed by atoms with Gasteiger partial charge in [0.05, 0.1) is 10.7 Å². The van der Waals surface area contributed by atoms with Crippen molar-refractivity contribution < 1.29 is 14.7 Å². The summed E-state index contributed by atoms with van der Waals surface area (Å²) in [6.07, 6.45) is 1.37. The summed E-state index contributed by atoms with van der Waals surface area (Å²) in [6.45, 7) is 0.266. The first-order valence-electron chi connectivity index (χ1n) is 6.70. The lowest BCUT2D eigenvalue weighted by molar-refractivity contribution is -0.139. The largest absolute Gasteiger partial charge is 0.507 e. The van der Waals surface area contributed by atoms with Crippen LogP contribution in [-0.2, 0) is 16.1 Å². The van der Waals surface area contributed by atoms with Gasteiger partial charge in [-0.25, -0.2) is 5.43 Å². The highest BCUT2D eigenvalue weighted by molar-refractivity contribution is 9.10. The van der Waals surface area contributed by atoms with Gasteiger partial charge in [-0.05, 0) is 45.3 Å². The number of nitrogens with one attached hydrogen (secondary N) is 2. The number of hydrogen-bond acceptors (Lipinski definition) is 4. The summed E-state index contributed by atoms with van der Waals surface area (Å²) in [7, 11) is 0. The molecule has 0 bridgehead atoms. The van der Waals surface area contributed by atoms with Crippen LogP contribution in [0.5, 0.6) is 5.75 Å². The Balaban J connectivity index is 1.82. The zero-order chi connectivity index (χ0) is 16.7. The van der Waals surface area contributed by atoms with Crippen LogP contribution in [-0.4, -0.2) is 23.1 Å². The number of hydrogen-bond donors (Lipinski definition) is 3. The van der Waals surface area contributed by atoms with E-state index in [0.29, 0.717) is 10.0 Å². The van der Waals surface area contributed by atoms with Gasteiger partial charge in [-0.2, -0.15) is 5.10 Å². The minimum absolute atomic E-state index is 0.103. The molecule has 7 heteroatoms. The number of phenols is 1. The van der Waals surface area contributed by atoms with E-state index in [1.165, 1.54) is 12.3 Å². The molecule has 23 heavy (non-hydrogen) atoms. The fraction of sp³-hybridized carbons (Fsp3) is 0.0625. The summed E-state index contributed by atoms with van der Waals surface area (Å²) >= 11 is 3.17. The Hall–Kier alpha value is -2.67. The second-order valence-corrected chi connectivity index (χ2v) is 5.43. The van der Waals surface area contributed by atoms with Crippen molar-refractivity contribution in [2.75, 3.05) is 0 Å². The quantitative estimate of drug-likeness (QED) is 0.433. The Morgan fingerprint density at radius 2 is 1.87 bits per heavy atom. The van der Waals surface area contributed by atoms with Crippen molar-refractivity contribution >= 4 is 34.0 Å². The number of halogens is 1. The molecule has 0 radical (unpaired) electrons. The van der Waals surface area contributed by atoms with E-state index in [-0.39, 0.29) is 12.3 Å². The van der Waals surface area contributed by atoms with Gasteiger partial charge in [-0.15, -0.1) is 0 Å². The van der Waals surface area contributed by atoms with Crippen molar-refractivity contribution in [3.63, 3.8) is 0 Å². The van der Waals surface area contributed by atoms with Gasteiger partial charge < -0.3 is 10.4 Å². The molecule has 6 nitrogen and oxygen atoms in total. The second kappa shape index (κ2) is 8.09. The number of hydrazone groups is 1. The predicted molar refractivity (Wildman–Crippen MR) is 89.8 cm³/mol. The minimum Gasteiger partial charge on any atom is -0.507 e. The molecule has 0 fully saturated rings. The Morgan fingerprint density at radius 3 is 2.57 bits per heavy atom. The Labute approximate surface area is 141 Å². The Bertz CT molecular complexity index is 733. The van der Waals surface area contributed by atoms with Gasteiger partial charge in [0.15, 0.2) is 0 Å². The van der Waals surface area contributed by atoms with Crippen molar-refractivity contribution in [3.8, 4) is 5.75 Å². The van der Waals surface area contributed by atoms with Crippen LogP contribution in [0, 0.1) is 0 Å². The first-order chi connectivity index (χ1) is 11.1. The van der Waals surface area contributed by atoms with Gasteiger partial charge in [0.2, 0.25) is 0 Å². The van der Waals surface area contributed by atoms with Crippen LogP contribution in [0.4, 0.5) is 0 Å². The lowest BCUT2D eigenvalue weighted by Gasteiger charge is -2.03. The van der Waals surface area contributed by atoms with E-state index in [2.05, 4.69) is 31.8 Å². The normalized spacial score (nSPS) is 10.5. The third-order valence-corrected chi connectivity index (χ3v) is 3.49. The zero-order valence-electron chi connectivity index (χ0n) is 12.0. The number of rotatable bonds is 4. The number of phenolic OH excluding ortho intramolecular Hbond substituents is 1. The summed E-state index contributed by atoms with van der Waals surface area (Å²) in [4.78, 5) is 23.2. The highest BCUT2D eigenvalue weighted by atomic mass is 79.9. The van der Waals surface area contributed by atoms with Crippen LogP contribution < -0.4 is 10.7 Å². The van der Waals surface area contributed by atoms with Gasteiger partial charge in [-0.1, -0.05) is 30.3 Å². The van der Waals surface area contributed by atoms with E-state index >= 15 is 0 Å². The molecule has 2 aromatic rings. The van der Waals surface area contributed by atoms with Gasteiger partial charge in [0, 0.05) is 6.54 Å². The maximum atomic E-state index is 11.6. The Kier molecular flexibility index (Phi) is 5.87. The molecule has 2 amide bonds. The zero-order valence-corrected chi connectivity index (χ0v) is 13.6. The molecule has 118 valence electrons. The molecule has 3 N–H and O–H groups in total. The molecule has 0 unspecified atom stereocenters. The van der Waals surface area contributed by atoms with E-state index in [1.807, 2.05) is 30.3 Å². The maximum Gasteiger partial charge on any atom is 0.329 e. The van der Waals surface area contributed by atoms with Crippen molar-refractivity contribution in [1.82, 2.24) is 10.7 Å². The SMILES string of the molecule is O=C(NCc1ccccc1)C(=O)N/N=C/c1ccc(O)c(Br)c1. The van der Waals surface area contributed by atoms with Gasteiger partial charge >= 0.3 is 11.8 Å². The molecule has 0 aliphatic carbocycles.